The molecule has 1 atom stereocenters. The number of rotatable bonds is 5. The van der Waals surface area contributed by atoms with Crippen molar-refractivity contribution in [2.75, 3.05) is 7.11 Å². The summed E-state index contributed by atoms with van der Waals surface area (Å²) in [5, 5.41) is 4.02. The third-order valence-corrected chi connectivity index (χ3v) is 3.27. The molecule has 0 saturated heterocycles. The summed E-state index contributed by atoms with van der Waals surface area (Å²) in [6.07, 6.45) is -1.03. The van der Waals surface area contributed by atoms with E-state index in [-0.39, 0.29) is 5.57 Å². The highest BCUT2D eigenvalue weighted by molar-refractivity contribution is 5.90. The van der Waals surface area contributed by atoms with Gasteiger partial charge in [0.15, 0.2) is 6.10 Å². The first-order chi connectivity index (χ1) is 11.0. The summed E-state index contributed by atoms with van der Waals surface area (Å²) in [5.74, 6) is -0.796. The number of hydrogen-bond acceptors (Lipinski definition) is 6. The Labute approximate surface area is 133 Å². The first-order valence-corrected chi connectivity index (χ1v) is 6.91. The molecule has 1 aromatic carbocycles. The Morgan fingerprint density at radius 2 is 1.91 bits per heavy atom. The van der Waals surface area contributed by atoms with Crippen molar-refractivity contribution >= 4 is 11.9 Å². The Bertz CT molecular complexity index is 733. The molecule has 0 aliphatic rings. The average Bonchev–Trinajstić information content (AvgIpc) is 2.93. The van der Waals surface area contributed by atoms with Crippen LogP contribution in [0.3, 0.4) is 0 Å². The number of hydrogen-bond donors (Lipinski definition) is 0. The van der Waals surface area contributed by atoms with Crippen molar-refractivity contribution in [2.45, 2.75) is 20.0 Å². The summed E-state index contributed by atoms with van der Waals surface area (Å²) in [5.41, 5.74) is 1.72. The number of methoxy groups -OCH3 is 1. The number of carbonyl (C=O) groups excluding carboxylic acids is 2. The van der Waals surface area contributed by atoms with Gasteiger partial charge < -0.3 is 14.0 Å². The maximum atomic E-state index is 11.8. The van der Waals surface area contributed by atoms with Gasteiger partial charge in [0.25, 0.3) is 0 Å². The van der Waals surface area contributed by atoms with Crippen molar-refractivity contribution in [2.24, 2.45) is 0 Å². The lowest BCUT2D eigenvalue weighted by Gasteiger charge is -2.18. The summed E-state index contributed by atoms with van der Waals surface area (Å²) in [4.78, 5) is 23.3. The summed E-state index contributed by atoms with van der Waals surface area (Å²) in [6.45, 7) is 6.62. The van der Waals surface area contributed by atoms with Gasteiger partial charge in [-0.1, -0.05) is 42.1 Å². The fraction of sp³-hybridized carbons (Fsp3) is 0.235. The lowest BCUT2D eigenvalue weighted by molar-refractivity contribution is -0.147. The Morgan fingerprint density at radius 3 is 2.48 bits per heavy atom. The third-order valence-electron chi connectivity index (χ3n) is 3.27. The molecular weight excluding hydrogens is 298 g/mol. The predicted octanol–water partition coefficient (Wildman–Crippen LogP) is 2.98. The van der Waals surface area contributed by atoms with Crippen LogP contribution < -0.4 is 0 Å². The molecule has 23 heavy (non-hydrogen) atoms. The van der Waals surface area contributed by atoms with E-state index in [1.807, 2.05) is 30.3 Å². The molecule has 0 aliphatic heterocycles. The molecule has 0 aliphatic carbocycles. The molecular formula is C17H17NO5. The molecule has 0 radical (unpaired) electrons. The smallest absolute Gasteiger partial charge is 0.337 e. The van der Waals surface area contributed by atoms with Crippen molar-refractivity contribution in [1.82, 2.24) is 5.16 Å². The summed E-state index contributed by atoms with van der Waals surface area (Å²) < 4.78 is 15.2. The van der Waals surface area contributed by atoms with Gasteiger partial charge >= 0.3 is 11.9 Å². The van der Waals surface area contributed by atoms with Gasteiger partial charge in [-0.3, -0.25) is 4.79 Å². The zero-order valence-corrected chi connectivity index (χ0v) is 13.2. The number of benzene rings is 1. The Kier molecular flexibility index (Phi) is 4.95. The molecule has 1 unspecified atom stereocenters. The monoisotopic (exact) mass is 315 g/mol. The van der Waals surface area contributed by atoms with Gasteiger partial charge in [-0.05, 0) is 6.92 Å². The second kappa shape index (κ2) is 6.91. The Hall–Kier alpha value is -2.89. The normalized spacial score (nSPS) is 11.6. The predicted molar refractivity (Wildman–Crippen MR) is 82.3 cm³/mol. The minimum Gasteiger partial charge on any atom is -0.466 e. The molecule has 0 spiro atoms. The second-order valence-electron chi connectivity index (χ2n) is 4.87. The van der Waals surface area contributed by atoms with Gasteiger partial charge in [0.05, 0.1) is 18.2 Å². The molecule has 0 N–H and O–H groups in total. The van der Waals surface area contributed by atoms with E-state index >= 15 is 0 Å². The van der Waals surface area contributed by atoms with Gasteiger partial charge in [0.1, 0.15) is 11.5 Å². The van der Waals surface area contributed by atoms with E-state index in [2.05, 4.69) is 16.5 Å². The first kappa shape index (κ1) is 16.5. The maximum absolute atomic E-state index is 11.8. The van der Waals surface area contributed by atoms with E-state index in [4.69, 9.17) is 9.26 Å². The van der Waals surface area contributed by atoms with Gasteiger partial charge in [0.2, 0.25) is 0 Å². The van der Waals surface area contributed by atoms with Crippen molar-refractivity contribution in [3.8, 4) is 11.3 Å². The molecule has 6 nitrogen and oxygen atoms in total. The quantitative estimate of drug-likeness (QED) is 0.623. The van der Waals surface area contributed by atoms with Crippen LogP contribution in [0, 0.1) is 6.92 Å². The van der Waals surface area contributed by atoms with Crippen LogP contribution in [0.1, 0.15) is 24.4 Å². The summed E-state index contributed by atoms with van der Waals surface area (Å²) in [7, 11) is 1.23. The summed E-state index contributed by atoms with van der Waals surface area (Å²) in [6, 6.07) is 9.24. The van der Waals surface area contributed by atoms with Gasteiger partial charge in [-0.15, -0.1) is 0 Å². The van der Waals surface area contributed by atoms with Crippen molar-refractivity contribution < 1.29 is 23.6 Å². The zero-order chi connectivity index (χ0) is 17.0. The number of nitrogens with zero attached hydrogens (tertiary/aromatic N) is 1. The number of ether oxygens (including phenoxy) is 2. The molecule has 0 fully saturated rings. The largest absolute Gasteiger partial charge is 0.466 e. The molecule has 120 valence electrons. The van der Waals surface area contributed by atoms with E-state index in [1.54, 1.807) is 6.92 Å². The molecule has 2 aromatic rings. The summed E-state index contributed by atoms with van der Waals surface area (Å²) >= 11 is 0. The lowest BCUT2D eigenvalue weighted by atomic mass is 9.97. The van der Waals surface area contributed by atoms with E-state index in [1.165, 1.54) is 14.0 Å². The van der Waals surface area contributed by atoms with E-state index < -0.39 is 18.0 Å². The standard InChI is InChI=1S/C17H17NO5/c1-10(17(20)21-4)16(22-12(3)19)14-11(2)23-18-15(14)13-8-6-5-7-9-13/h5-9,16H,1H2,2-4H3. The molecule has 1 heterocycles. The first-order valence-electron chi connectivity index (χ1n) is 6.91. The van der Waals surface area contributed by atoms with Gasteiger partial charge in [-0.2, -0.15) is 0 Å². The van der Waals surface area contributed by atoms with Crippen LogP contribution in [-0.2, 0) is 19.1 Å². The van der Waals surface area contributed by atoms with Crippen LogP contribution in [-0.4, -0.2) is 24.2 Å². The topological polar surface area (TPSA) is 78.6 Å². The van der Waals surface area contributed by atoms with E-state index in [0.29, 0.717) is 17.0 Å². The highest BCUT2D eigenvalue weighted by Gasteiger charge is 2.31. The Morgan fingerprint density at radius 1 is 1.26 bits per heavy atom. The number of carbonyl (C=O) groups is 2. The SMILES string of the molecule is C=C(C(=O)OC)C(OC(C)=O)c1c(-c2ccccc2)noc1C. The van der Waals surface area contributed by atoms with Gasteiger partial charge in [0, 0.05) is 12.5 Å². The van der Waals surface area contributed by atoms with Crippen LogP contribution in [0.5, 0.6) is 0 Å². The molecule has 0 amide bonds. The van der Waals surface area contributed by atoms with Crippen molar-refractivity contribution in [3.05, 3.63) is 53.8 Å². The fourth-order valence-electron chi connectivity index (χ4n) is 2.20. The van der Waals surface area contributed by atoms with E-state index in [0.717, 1.165) is 5.56 Å². The minimum absolute atomic E-state index is 0.00817. The highest BCUT2D eigenvalue weighted by atomic mass is 16.6. The highest BCUT2D eigenvalue weighted by Crippen LogP contribution is 2.36. The van der Waals surface area contributed by atoms with Crippen LogP contribution in [0.25, 0.3) is 11.3 Å². The number of aromatic nitrogens is 1. The zero-order valence-electron chi connectivity index (χ0n) is 13.2. The van der Waals surface area contributed by atoms with Crippen LogP contribution in [0.15, 0.2) is 47.0 Å². The van der Waals surface area contributed by atoms with Crippen LogP contribution >= 0.6 is 0 Å². The third kappa shape index (κ3) is 3.48. The molecule has 2 rings (SSSR count). The maximum Gasteiger partial charge on any atom is 0.337 e. The van der Waals surface area contributed by atoms with E-state index in [9.17, 15) is 9.59 Å². The molecule has 0 bridgehead atoms. The van der Waals surface area contributed by atoms with Crippen molar-refractivity contribution in [3.63, 3.8) is 0 Å². The second-order valence-corrected chi connectivity index (χ2v) is 4.87. The Balaban J connectivity index is 2.55. The molecule has 0 saturated carbocycles. The number of esters is 2. The van der Waals surface area contributed by atoms with Crippen LogP contribution in [0.2, 0.25) is 0 Å². The molecule has 6 heteroatoms. The van der Waals surface area contributed by atoms with Crippen LogP contribution in [0.4, 0.5) is 0 Å². The number of aryl methyl sites for hydroxylation is 1. The lowest BCUT2D eigenvalue weighted by Crippen LogP contribution is -2.18. The van der Waals surface area contributed by atoms with Crippen molar-refractivity contribution in [1.29, 1.82) is 0 Å². The average molecular weight is 315 g/mol. The molecule has 1 aromatic heterocycles. The fourth-order valence-corrected chi connectivity index (χ4v) is 2.20. The minimum atomic E-state index is -1.03. The van der Waals surface area contributed by atoms with Gasteiger partial charge in [-0.25, -0.2) is 4.79 Å².